The van der Waals surface area contributed by atoms with E-state index < -0.39 is 0 Å². The SMILES string of the molecule is COC[C@H]1CCN(c2ccc(-c3nc(CCCc4ccccc4)no3)cn2)C1. The highest BCUT2D eigenvalue weighted by molar-refractivity contribution is 5.54. The Morgan fingerprint density at radius 1 is 1.14 bits per heavy atom. The molecule has 0 N–H and O–H groups in total. The number of rotatable bonds is 8. The second kappa shape index (κ2) is 8.97. The number of hydrogen-bond donors (Lipinski definition) is 0. The molecule has 0 amide bonds. The van der Waals surface area contributed by atoms with Crippen LogP contribution >= 0.6 is 0 Å². The molecule has 1 aliphatic rings. The van der Waals surface area contributed by atoms with Crippen molar-refractivity contribution in [2.24, 2.45) is 5.92 Å². The third kappa shape index (κ3) is 4.57. The molecule has 0 radical (unpaired) electrons. The molecule has 2 aromatic heterocycles. The summed E-state index contributed by atoms with van der Waals surface area (Å²) in [5.74, 6) is 2.86. The molecule has 6 nitrogen and oxygen atoms in total. The summed E-state index contributed by atoms with van der Waals surface area (Å²) in [5.41, 5.74) is 2.19. The average molecular weight is 378 g/mol. The summed E-state index contributed by atoms with van der Waals surface area (Å²) in [6, 6.07) is 14.5. The highest BCUT2D eigenvalue weighted by Crippen LogP contribution is 2.24. The molecular weight excluding hydrogens is 352 g/mol. The zero-order valence-corrected chi connectivity index (χ0v) is 16.3. The van der Waals surface area contributed by atoms with Crippen molar-refractivity contribution >= 4 is 5.82 Å². The Kier molecular flexibility index (Phi) is 5.97. The van der Waals surface area contributed by atoms with Crippen LogP contribution in [0.2, 0.25) is 0 Å². The Morgan fingerprint density at radius 2 is 2.04 bits per heavy atom. The lowest BCUT2D eigenvalue weighted by molar-refractivity contribution is 0.161. The smallest absolute Gasteiger partial charge is 0.259 e. The van der Waals surface area contributed by atoms with Gasteiger partial charge in [0.05, 0.1) is 12.2 Å². The van der Waals surface area contributed by atoms with Crippen LogP contribution in [0.25, 0.3) is 11.5 Å². The predicted octanol–water partition coefficient (Wildman–Crippen LogP) is 3.78. The molecule has 1 saturated heterocycles. The fraction of sp³-hybridized carbons (Fsp3) is 0.409. The highest BCUT2D eigenvalue weighted by Gasteiger charge is 2.23. The monoisotopic (exact) mass is 378 g/mol. The summed E-state index contributed by atoms with van der Waals surface area (Å²) < 4.78 is 10.7. The second-order valence-electron chi connectivity index (χ2n) is 7.32. The van der Waals surface area contributed by atoms with Gasteiger partial charge in [-0.1, -0.05) is 35.5 Å². The first-order valence-corrected chi connectivity index (χ1v) is 9.88. The number of hydrogen-bond acceptors (Lipinski definition) is 6. The number of methoxy groups -OCH3 is 1. The van der Waals surface area contributed by atoms with E-state index in [-0.39, 0.29) is 0 Å². The maximum atomic E-state index is 5.44. The first kappa shape index (κ1) is 18.6. The Balaban J connectivity index is 1.32. The van der Waals surface area contributed by atoms with E-state index in [4.69, 9.17) is 9.26 Å². The van der Waals surface area contributed by atoms with Crippen molar-refractivity contribution in [3.05, 3.63) is 60.0 Å². The van der Waals surface area contributed by atoms with Gasteiger partial charge < -0.3 is 14.2 Å². The molecule has 4 rings (SSSR count). The number of aryl methyl sites for hydroxylation is 2. The summed E-state index contributed by atoms with van der Waals surface area (Å²) in [6.07, 6.45) is 5.78. The Morgan fingerprint density at radius 3 is 2.82 bits per heavy atom. The lowest BCUT2D eigenvalue weighted by Crippen LogP contribution is -2.21. The Hall–Kier alpha value is -2.73. The fourth-order valence-corrected chi connectivity index (χ4v) is 3.68. The number of aromatic nitrogens is 3. The lowest BCUT2D eigenvalue weighted by atomic mass is 10.1. The van der Waals surface area contributed by atoms with E-state index in [0.29, 0.717) is 11.8 Å². The van der Waals surface area contributed by atoms with E-state index in [9.17, 15) is 0 Å². The van der Waals surface area contributed by atoms with Gasteiger partial charge in [-0.25, -0.2) is 4.98 Å². The van der Waals surface area contributed by atoms with Crippen LogP contribution in [0.3, 0.4) is 0 Å². The zero-order chi connectivity index (χ0) is 19.2. The summed E-state index contributed by atoms with van der Waals surface area (Å²) >= 11 is 0. The average Bonchev–Trinajstić information content (AvgIpc) is 3.39. The van der Waals surface area contributed by atoms with Crippen LogP contribution in [-0.4, -0.2) is 41.9 Å². The van der Waals surface area contributed by atoms with E-state index in [0.717, 1.165) is 62.6 Å². The van der Waals surface area contributed by atoms with Crippen LogP contribution in [0.15, 0.2) is 53.2 Å². The van der Waals surface area contributed by atoms with Gasteiger partial charge >= 0.3 is 0 Å². The topological polar surface area (TPSA) is 64.3 Å². The third-order valence-corrected chi connectivity index (χ3v) is 5.18. The van der Waals surface area contributed by atoms with E-state index in [1.807, 2.05) is 24.4 Å². The minimum atomic E-state index is 0.535. The predicted molar refractivity (Wildman–Crippen MR) is 108 cm³/mol. The largest absolute Gasteiger partial charge is 0.384 e. The number of anilines is 1. The van der Waals surface area contributed by atoms with Crippen molar-refractivity contribution < 1.29 is 9.26 Å². The molecule has 3 heterocycles. The quantitative estimate of drug-likeness (QED) is 0.594. The molecule has 1 aromatic carbocycles. The van der Waals surface area contributed by atoms with Gasteiger partial charge in [0.25, 0.3) is 5.89 Å². The first-order valence-electron chi connectivity index (χ1n) is 9.88. The molecule has 0 bridgehead atoms. The van der Waals surface area contributed by atoms with Crippen molar-refractivity contribution in [3.63, 3.8) is 0 Å². The van der Waals surface area contributed by atoms with Crippen LogP contribution in [-0.2, 0) is 17.6 Å². The van der Waals surface area contributed by atoms with Crippen LogP contribution in [0.1, 0.15) is 24.2 Å². The molecule has 146 valence electrons. The van der Waals surface area contributed by atoms with E-state index in [1.54, 1.807) is 7.11 Å². The zero-order valence-electron chi connectivity index (χ0n) is 16.3. The molecule has 1 fully saturated rings. The number of nitrogens with zero attached hydrogens (tertiary/aromatic N) is 4. The van der Waals surface area contributed by atoms with Crippen LogP contribution in [0.5, 0.6) is 0 Å². The molecule has 1 atom stereocenters. The van der Waals surface area contributed by atoms with Gasteiger partial charge in [0.1, 0.15) is 5.82 Å². The molecule has 3 aromatic rings. The standard InChI is InChI=1S/C22H26N4O2/c1-27-16-18-12-13-26(15-18)21-11-10-19(14-23-21)22-24-20(25-28-22)9-5-8-17-6-3-2-4-7-17/h2-4,6-7,10-11,14,18H,5,8-9,12-13,15-16H2,1H3/t18-/m0/s1. The molecule has 0 unspecified atom stereocenters. The Bertz CT molecular complexity index is 864. The second-order valence-corrected chi connectivity index (χ2v) is 7.32. The van der Waals surface area contributed by atoms with Gasteiger partial charge in [0, 0.05) is 38.7 Å². The molecule has 28 heavy (non-hydrogen) atoms. The molecule has 0 saturated carbocycles. The van der Waals surface area contributed by atoms with Crippen LogP contribution in [0, 0.1) is 5.92 Å². The van der Waals surface area contributed by atoms with E-state index in [1.165, 1.54) is 5.56 Å². The fourth-order valence-electron chi connectivity index (χ4n) is 3.68. The number of benzene rings is 1. The Labute approximate surface area is 165 Å². The number of ether oxygens (including phenoxy) is 1. The van der Waals surface area contributed by atoms with Crippen molar-refractivity contribution in [1.29, 1.82) is 0 Å². The molecular formula is C22H26N4O2. The summed E-state index contributed by atoms with van der Waals surface area (Å²) in [6.45, 7) is 2.82. The van der Waals surface area contributed by atoms with Gasteiger partial charge in [0.2, 0.25) is 0 Å². The molecule has 6 heteroatoms. The van der Waals surface area contributed by atoms with Crippen LogP contribution < -0.4 is 4.90 Å². The summed E-state index contributed by atoms with van der Waals surface area (Å²) in [7, 11) is 1.76. The summed E-state index contributed by atoms with van der Waals surface area (Å²) in [4.78, 5) is 11.4. The van der Waals surface area contributed by atoms with Crippen LogP contribution in [0.4, 0.5) is 5.82 Å². The third-order valence-electron chi connectivity index (χ3n) is 5.18. The maximum Gasteiger partial charge on any atom is 0.259 e. The van der Waals surface area contributed by atoms with Gasteiger partial charge in [-0.15, -0.1) is 0 Å². The van der Waals surface area contributed by atoms with Crippen molar-refractivity contribution in [1.82, 2.24) is 15.1 Å². The minimum Gasteiger partial charge on any atom is -0.384 e. The lowest BCUT2D eigenvalue weighted by Gasteiger charge is -2.17. The molecule has 1 aliphatic heterocycles. The maximum absolute atomic E-state index is 5.44. The molecule has 0 spiro atoms. The van der Waals surface area contributed by atoms with Crippen molar-refractivity contribution in [2.75, 3.05) is 31.7 Å². The van der Waals surface area contributed by atoms with Crippen molar-refractivity contribution in [3.8, 4) is 11.5 Å². The summed E-state index contributed by atoms with van der Waals surface area (Å²) in [5, 5.41) is 4.12. The highest BCUT2D eigenvalue weighted by atomic mass is 16.5. The minimum absolute atomic E-state index is 0.535. The van der Waals surface area contributed by atoms with Gasteiger partial charge in [-0.2, -0.15) is 4.98 Å². The number of pyridine rings is 1. The van der Waals surface area contributed by atoms with Gasteiger partial charge in [-0.05, 0) is 37.0 Å². The van der Waals surface area contributed by atoms with Gasteiger partial charge in [-0.3, -0.25) is 0 Å². The molecule has 0 aliphatic carbocycles. The van der Waals surface area contributed by atoms with Gasteiger partial charge in [0.15, 0.2) is 5.82 Å². The van der Waals surface area contributed by atoms with E-state index >= 15 is 0 Å². The first-order chi connectivity index (χ1) is 13.8. The van der Waals surface area contributed by atoms with Crippen molar-refractivity contribution in [2.45, 2.75) is 25.7 Å². The van der Waals surface area contributed by atoms with E-state index in [2.05, 4.69) is 44.3 Å². The normalized spacial score (nSPS) is 16.6.